The molecule has 0 saturated heterocycles. The number of thiazole rings is 1. The maximum Gasteiger partial charge on any atom is 0.335 e. The van der Waals surface area contributed by atoms with Gasteiger partial charge in [0.2, 0.25) is 0 Å². The van der Waals surface area contributed by atoms with Gasteiger partial charge in [0.25, 0.3) is 0 Å². The van der Waals surface area contributed by atoms with Crippen LogP contribution in [0.4, 0.5) is 5.82 Å². The zero-order valence-electron chi connectivity index (χ0n) is 11.5. The molecule has 0 saturated carbocycles. The van der Waals surface area contributed by atoms with E-state index < -0.39 is 5.97 Å². The van der Waals surface area contributed by atoms with E-state index in [1.165, 1.54) is 0 Å². The summed E-state index contributed by atoms with van der Waals surface area (Å²) in [5, 5.41) is 15.3. The number of nitrogens with zero attached hydrogens (tertiary/aromatic N) is 2. The first-order valence-corrected chi connectivity index (χ1v) is 7.35. The Morgan fingerprint density at radius 3 is 2.80 bits per heavy atom. The molecule has 0 aliphatic rings. The normalized spacial score (nSPS) is 10.5. The summed E-state index contributed by atoms with van der Waals surface area (Å²) in [5.41, 5.74) is 2.08. The second-order valence-electron chi connectivity index (χ2n) is 4.45. The lowest BCUT2D eigenvalue weighted by Crippen LogP contribution is -2.09. The van der Waals surface area contributed by atoms with Crippen LogP contribution in [0.1, 0.15) is 33.7 Å². The van der Waals surface area contributed by atoms with E-state index in [1.807, 2.05) is 19.2 Å². The van der Waals surface area contributed by atoms with Gasteiger partial charge in [-0.3, -0.25) is 0 Å². The molecule has 2 rings (SSSR count). The van der Waals surface area contributed by atoms with E-state index in [1.54, 1.807) is 23.5 Å². The second-order valence-corrected chi connectivity index (χ2v) is 5.39. The van der Waals surface area contributed by atoms with Crippen LogP contribution in [0.5, 0.6) is 0 Å². The minimum absolute atomic E-state index is 0.268. The average molecular weight is 291 g/mol. The number of pyridine rings is 1. The first kappa shape index (κ1) is 14.5. The van der Waals surface area contributed by atoms with E-state index in [9.17, 15) is 4.79 Å². The van der Waals surface area contributed by atoms with Crippen molar-refractivity contribution in [2.24, 2.45) is 0 Å². The average Bonchev–Trinajstić information content (AvgIpc) is 2.84. The Morgan fingerprint density at radius 2 is 2.20 bits per heavy atom. The predicted molar refractivity (Wildman–Crippen MR) is 79.6 cm³/mol. The number of carboxylic acids is 1. The molecule has 106 valence electrons. The molecule has 6 heteroatoms. The van der Waals surface area contributed by atoms with E-state index in [0.29, 0.717) is 18.8 Å². The summed E-state index contributed by atoms with van der Waals surface area (Å²) < 4.78 is 0. The maximum absolute atomic E-state index is 11.1. The van der Waals surface area contributed by atoms with Gasteiger partial charge in [-0.25, -0.2) is 14.8 Å². The third kappa shape index (κ3) is 3.77. The SMILES string of the molecule is CCc1cc(C(=O)O)cc(NCCc2nc(C)cs2)n1. The molecule has 0 fully saturated rings. The Kier molecular flexibility index (Phi) is 4.68. The zero-order chi connectivity index (χ0) is 14.5. The van der Waals surface area contributed by atoms with Crippen LogP contribution in [0.15, 0.2) is 17.5 Å². The monoisotopic (exact) mass is 291 g/mol. The first-order valence-electron chi connectivity index (χ1n) is 6.47. The molecule has 2 aromatic heterocycles. The molecule has 0 bridgehead atoms. The molecule has 0 atom stereocenters. The van der Waals surface area contributed by atoms with Crippen LogP contribution in [-0.4, -0.2) is 27.6 Å². The summed E-state index contributed by atoms with van der Waals surface area (Å²) in [4.78, 5) is 19.8. The molecule has 5 nitrogen and oxygen atoms in total. The second kappa shape index (κ2) is 6.47. The third-order valence-electron chi connectivity index (χ3n) is 2.80. The lowest BCUT2D eigenvalue weighted by atomic mass is 10.2. The number of aromatic nitrogens is 2. The number of nitrogens with one attached hydrogen (secondary N) is 1. The molecule has 0 unspecified atom stereocenters. The molecular formula is C14H17N3O2S. The molecule has 0 aromatic carbocycles. The van der Waals surface area contributed by atoms with Crippen LogP contribution in [0.2, 0.25) is 0 Å². The van der Waals surface area contributed by atoms with Crippen LogP contribution in [0.3, 0.4) is 0 Å². The Bertz CT molecular complexity index is 610. The highest BCUT2D eigenvalue weighted by atomic mass is 32.1. The Labute approximate surface area is 121 Å². The topological polar surface area (TPSA) is 75.1 Å². The number of carboxylic acid groups (broad SMARTS) is 1. The van der Waals surface area contributed by atoms with Crippen molar-refractivity contribution in [2.75, 3.05) is 11.9 Å². The van der Waals surface area contributed by atoms with Crippen molar-refractivity contribution in [3.05, 3.63) is 39.5 Å². The van der Waals surface area contributed by atoms with E-state index >= 15 is 0 Å². The van der Waals surface area contributed by atoms with Gasteiger partial charge in [0, 0.05) is 29.7 Å². The standard InChI is InChI=1S/C14H17N3O2S/c1-3-11-6-10(14(18)19)7-12(17-11)15-5-4-13-16-9(2)8-20-13/h6-8H,3-5H2,1-2H3,(H,15,17)(H,18,19). The number of aromatic carboxylic acids is 1. The summed E-state index contributed by atoms with van der Waals surface area (Å²) in [6.07, 6.45) is 1.51. The highest BCUT2D eigenvalue weighted by Crippen LogP contribution is 2.13. The molecule has 2 aromatic rings. The third-order valence-corrected chi connectivity index (χ3v) is 3.83. The Morgan fingerprint density at radius 1 is 1.40 bits per heavy atom. The van der Waals surface area contributed by atoms with E-state index in [0.717, 1.165) is 22.8 Å². The predicted octanol–water partition coefficient (Wildman–Crippen LogP) is 2.76. The number of hydrogen-bond acceptors (Lipinski definition) is 5. The van der Waals surface area contributed by atoms with Gasteiger partial charge >= 0.3 is 5.97 Å². The fourth-order valence-electron chi connectivity index (χ4n) is 1.80. The molecule has 2 heterocycles. The first-order chi connectivity index (χ1) is 9.58. The number of hydrogen-bond donors (Lipinski definition) is 2. The highest BCUT2D eigenvalue weighted by Gasteiger charge is 2.07. The van der Waals surface area contributed by atoms with Crippen LogP contribution < -0.4 is 5.32 Å². The van der Waals surface area contributed by atoms with Crippen molar-refractivity contribution >= 4 is 23.1 Å². The summed E-state index contributed by atoms with van der Waals surface area (Å²) >= 11 is 1.63. The molecule has 2 N–H and O–H groups in total. The fourth-order valence-corrected chi connectivity index (χ4v) is 2.57. The van der Waals surface area contributed by atoms with Crippen molar-refractivity contribution in [2.45, 2.75) is 26.7 Å². The van der Waals surface area contributed by atoms with Gasteiger partial charge in [0.1, 0.15) is 5.82 Å². The maximum atomic E-state index is 11.1. The zero-order valence-corrected chi connectivity index (χ0v) is 12.3. The van der Waals surface area contributed by atoms with Gasteiger partial charge in [0.15, 0.2) is 0 Å². The summed E-state index contributed by atoms with van der Waals surface area (Å²) in [5.74, 6) is -0.323. The van der Waals surface area contributed by atoms with Crippen molar-refractivity contribution in [1.82, 2.24) is 9.97 Å². The van der Waals surface area contributed by atoms with E-state index in [-0.39, 0.29) is 5.56 Å². The van der Waals surface area contributed by atoms with Gasteiger partial charge in [-0.15, -0.1) is 11.3 Å². The fraction of sp³-hybridized carbons (Fsp3) is 0.357. The lowest BCUT2D eigenvalue weighted by Gasteiger charge is -2.07. The van der Waals surface area contributed by atoms with E-state index in [2.05, 4.69) is 15.3 Å². The number of anilines is 1. The van der Waals surface area contributed by atoms with Gasteiger partial charge in [-0.05, 0) is 25.5 Å². The molecule has 0 spiro atoms. The van der Waals surface area contributed by atoms with Crippen LogP contribution in [0, 0.1) is 6.92 Å². The van der Waals surface area contributed by atoms with E-state index in [4.69, 9.17) is 5.11 Å². The van der Waals surface area contributed by atoms with Gasteiger partial charge < -0.3 is 10.4 Å². The molecule has 0 amide bonds. The molecule has 20 heavy (non-hydrogen) atoms. The van der Waals surface area contributed by atoms with Gasteiger partial charge in [-0.1, -0.05) is 6.92 Å². The molecule has 0 radical (unpaired) electrons. The van der Waals surface area contributed by atoms with Gasteiger partial charge in [0.05, 0.1) is 10.6 Å². The van der Waals surface area contributed by atoms with Gasteiger partial charge in [-0.2, -0.15) is 0 Å². The molecule has 0 aliphatic carbocycles. The Balaban J connectivity index is 2.01. The Hall–Kier alpha value is -1.95. The van der Waals surface area contributed by atoms with Crippen LogP contribution in [-0.2, 0) is 12.8 Å². The molecule has 0 aliphatic heterocycles. The van der Waals surface area contributed by atoms with Crippen molar-refractivity contribution < 1.29 is 9.90 Å². The van der Waals surface area contributed by atoms with Crippen molar-refractivity contribution in [1.29, 1.82) is 0 Å². The molecular weight excluding hydrogens is 274 g/mol. The summed E-state index contributed by atoms with van der Waals surface area (Å²) in [7, 11) is 0. The van der Waals surface area contributed by atoms with Crippen molar-refractivity contribution in [3.63, 3.8) is 0 Å². The quantitative estimate of drug-likeness (QED) is 0.856. The smallest absolute Gasteiger partial charge is 0.335 e. The number of aryl methyl sites for hydroxylation is 2. The van der Waals surface area contributed by atoms with Crippen LogP contribution >= 0.6 is 11.3 Å². The minimum atomic E-state index is -0.930. The number of rotatable bonds is 6. The summed E-state index contributed by atoms with van der Waals surface area (Å²) in [6.45, 7) is 4.61. The number of carbonyl (C=O) groups is 1. The highest BCUT2D eigenvalue weighted by molar-refractivity contribution is 7.09. The largest absolute Gasteiger partial charge is 0.478 e. The lowest BCUT2D eigenvalue weighted by molar-refractivity contribution is 0.0696. The summed E-state index contributed by atoms with van der Waals surface area (Å²) in [6, 6.07) is 3.17. The van der Waals surface area contributed by atoms with Crippen molar-refractivity contribution in [3.8, 4) is 0 Å². The van der Waals surface area contributed by atoms with Crippen LogP contribution in [0.25, 0.3) is 0 Å². The minimum Gasteiger partial charge on any atom is -0.478 e.